The number of hydrogen-bond donors (Lipinski definition) is 2. The molecule has 6 nitrogen and oxygen atoms in total. The van der Waals surface area contributed by atoms with E-state index in [0.29, 0.717) is 12.2 Å². The first kappa shape index (κ1) is 20.0. The normalized spacial score (nSPS) is 12.0. The van der Waals surface area contributed by atoms with Gasteiger partial charge in [-0.25, -0.2) is 0 Å². The number of carbonyl (C=O) groups is 1. The van der Waals surface area contributed by atoms with Crippen molar-refractivity contribution in [2.75, 3.05) is 14.1 Å². The zero-order valence-electron chi connectivity index (χ0n) is 16.5. The van der Waals surface area contributed by atoms with Gasteiger partial charge in [-0.05, 0) is 31.3 Å². The van der Waals surface area contributed by atoms with Crippen LogP contribution in [0.5, 0.6) is 0 Å². The van der Waals surface area contributed by atoms with Crippen LogP contribution in [0.15, 0.2) is 54.6 Å². The van der Waals surface area contributed by atoms with Gasteiger partial charge < -0.3 is 14.8 Å². The highest BCUT2D eigenvalue weighted by atomic mass is 32.1. The maximum Gasteiger partial charge on any atom is 0.251 e. The molecular weight excluding hydrogens is 370 g/mol. The first-order chi connectivity index (χ1) is 13.5. The summed E-state index contributed by atoms with van der Waals surface area (Å²) in [7, 11) is 3.75. The lowest BCUT2D eigenvalue weighted by atomic mass is 10.1. The van der Waals surface area contributed by atoms with E-state index in [-0.39, 0.29) is 5.91 Å². The Morgan fingerprint density at radius 3 is 2.43 bits per heavy atom. The van der Waals surface area contributed by atoms with Crippen LogP contribution in [0.1, 0.15) is 22.8 Å². The van der Waals surface area contributed by atoms with Gasteiger partial charge in [0.25, 0.3) is 5.91 Å². The molecule has 0 aliphatic carbocycles. The maximum atomic E-state index is 11.7. The van der Waals surface area contributed by atoms with Gasteiger partial charge in [-0.2, -0.15) is 4.68 Å². The van der Waals surface area contributed by atoms with E-state index in [1.165, 1.54) is 4.90 Å². The lowest BCUT2D eigenvalue weighted by Crippen LogP contribution is -3.07. The second-order valence-electron chi connectivity index (χ2n) is 6.78. The zero-order valence-corrected chi connectivity index (χ0v) is 17.3. The first-order valence-electron chi connectivity index (χ1n) is 9.38. The molecule has 28 heavy (non-hydrogen) atoms. The standard InChI is InChI=1S/C21H25N5OS/c1-4-25-19(17-8-6-5-7-9-17)23-26(21(25)28)15-24(3)14-16-10-12-18(13-11-16)20(27)22-2/h5-13H,4,14-15H2,1-3H3,(H,22,27)/p+1. The van der Waals surface area contributed by atoms with Gasteiger partial charge in [0.05, 0.1) is 7.05 Å². The first-order valence-corrected chi connectivity index (χ1v) is 9.79. The van der Waals surface area contributed by atoms with E-state index < -0.39 is 0 Å². The maximum absolute atomic E-state index is 11.7. The summed E-state index contributed by atoms with van der Waals surface area (Å²) in [5, 5.41) is 7.42. The number of aromatic nitrogens is 3. The monoisotopic (exact) mass is 396 g/mol. The quantitative estimate of drug-likeness (QED) is 0.602. The van der Waals surface area contributed by atoms with Crippen LogP contribution in [0, 0.1) is 4.77 Å². The number of quaternary nitrogens is 1. The van der Waals surface area contributed by atoms with Gasteiger partial charge in [0.15, 0.2) is 12.5 Å². The fourth-order valence-electron chi connectivity index (χ4n) is 3.21. The Bertz CT molecular complexity index is 992. The van der Waals surface area contributed by atoms with E-state index in [1.807, 2.05) is 47.1 Å². The predicted octanol–water partition coefficient (Wildman–Crippen LogP) is 2.13. The van der Waals surface area contributed by atoms with Crippen LogP contribution in [0.3, 0.4) is 0 Å². The van der Waals surface area contributed by atoms with Crippen LogP contribution in [-0.2, 0) is 19.8 Å². The summed E-state index contributed by atoms with van der Waals surface area (Å²) in [6.07, 6.45) is 0. The fraction of sp³-hybridized carbons (Fsp3) is 0.286. The van der Waals surface area contributed by atoms with Crippen LogP contribution in [0.25, 0.3) is 11.4 Å². The molecular formula is C21H26N5OS+. The zero-order chi connectivity index (χ0) is 20.1. The highest BCUT2D eigenvalue weighted by Gasteiger charge is 2.14. The molecule has 146 valence electrons. The topological polar surface area (TPSA) is 56.3 Å². The van der Waals surface area contributed by atoms with Crippen molar-refractivity contribution in [2.45, 2.75) is 26.7 Å². The Balaban J connectivity index is 1.75. The molecule has 0 bridgehead atoms. The SMILES string of the molecule is CCn1c(-c2ccccc2)nn(C[NH+](C)Cc2ccc(C(=O)NC)cc2)c1=S. The lowest BCUT2D eigenvalue weighted by molar-refractivity contribution is -0.917. The predicted molar refractivity (Wildman–Crippen MR) is 113 cm³/mol. The molecule has 0 aliphatic heterocycles. The van der Waals surface area contributed by atoms with E-state index in [2.05, 4.69) is 36.0 Å². The largest absolute Gasteiger partial charge is 0.355 e. The van der Waals surface area contributed by atoms with E-state index in [4.69, 9.17) is 17.3 Å². The minimum Gasteiger partial charge on any atom is -0.355 e. The minimum atomic E-state index is -0.0721. The molecule has 1 heterocycles. The number of rotatable bonds is 7. The molecule has 1 atom stereocenters. The third-order valence-corrected chi connectivity index (χ3v) is 5.07. The number of carbonyl (C=O) groups excluding carboxylic acids is 1. The number of benzene rings is 2. The summed E-state index contributed by atoms with van der Waals surface area (Å²) in [5.41, 5.74) is 2.90. The van der Waals surface area contributed by atoms with Crippen molar-refractivity contribution in [1.29, 1.82) is 0 Å². The van der Waals surface area contributed by atoms with Gasteiger partial charge in [-0.1, -0.05) is 42.5 Å². The van der Waals surface area contributed by atoms with Crippen LogP contribution in [-0.4, -0.2) is 34.4 Å². The average Bonchev–Trinajstić information content (AvgIpc) is 3.03. The molecule has 3 aromatic rings. The molecule has 2 aromatic carbocycles. The molecule has 0 saturated heterocycles. The number of nitrogens with one attached hydrogen (secondary N) is 2. The van der Waals surface area contributed by atoms with E-state index >= 15 is 0 Å². The number of hydrogen-bond acceptors (Lipinski definition) is 3. The molecule has 2 N–H and O–H groups in total. The van der Waals surface area contributed by atoms with Gasteiger partial charge in [0.1, 0.15) is 6.54 Å². The highest BCUT2D eigenvalue weighted by Crippen LogP contribution is 2.17. The molecule has 1 aromatic heterocycles. The van der Waals surface area contributed by atoms with Crippen molar-refractivity contribution in [3.05, 3.63) is 70.5 Å². The fourth-order valence-corrected chi connectivity index (χ4v) is 3.53. The van der Waals surface area contributed by atoms with Gasteiger partial charge in [0.2, 0.25) is 4.77 Å². The van der Waals surface area contributed by atoms with Gasteiger partial charge in [0, 0.05) is 30.3 Å². The Labute approximate surface area is 170 Å². The van der Waals surface area contributed by atoms with Gasteiger partial charge in [-0.3, -0.25) is 4.79 Å². The Hall–Kier alpha value is -2.77. The Morgan fingerprint density at radius 2 is 1.82 bits per heavy atom. The number of amides is 1. The molecule has 0 radical (unpaired) electrons. The van der Waals surface area contributed by atoms with Crippen LogP contribution in [0.4, 0.5) is 0 Å². The third kappa shape index (κ3) is 4.37. The summed E-state index contributed by atoms with van der Waals surface area (Å²) in [6, 6.07) is 17.8. The van der Waals surface area contributed by atoms with Crippen LogP contribution in [0.2, 0.25) is 0 Å². The minimum absolute atomic E-state index is 0.0721. The van der Waals surface area contributed by atoms with Crippen LogP contribution < -0.4 is 10.2 Å². The van der Waals surface area contributed by atoms with Crippen LogP contribution >= 0.6 is 12.2 Å². The Morgan fingerprint density at radius 1 is 1.14 bits per heavy atom. The summed E-state index contributed by atoms with van der Waals surface area (Å²) in [5.74, 6) is 0.827. The van der Waals surface area contributed by atoms with Crippen molar-refractivity contribution >= 4 is 18.1 Å². The molecule has 0 spiro atoms. The third-order valence-electron chi connectivity index (χ3n) is 4.64. The van der Waals surface area contributed by atoms with E-state index in [9.17, 15) is 4.79 Å². The molecule has 0 saturated carbocycles. The molecule has 0 fully saturated rings. The second-order valence-corrected chi connectivity index (χ2v) is 7.15. The second kappa shape index (κ2) is 8.95. The molecule has 7 heteroatoms. The smallest absolute Gasteiger partial charge is 0.251 e. The summed E-state index contributed by atoms with van der Waals surface area (Å²) in [6.45, 7) is 4.35. The molecule has 0 aliphatic rings. The van der Waals surface area contributed by atoms with Gasteiger partial charge in [-0.15, -0.1) is 5.10 Å². The summed E-state index contributed by atoms with van der Waals surface area (Å²) < 4.78 is 4.70. The van der Waals surface area contributed by atoms with Crippen molar-refractivity contribution in [3.63, 3.8) is 0 Å². The van der Waals surface area contributed by atoms with E-state index in [0.717, 1.165) is 34.8 Å². The van der Waals surface area contributed by atoms with Crippen molar-refractivity contribution < 1.29 is 9.69 Å². The molecule has 1 unspecified atom stereocenters. The van der Waals surface area contributed by atoms with Crippen molar-refractivity contribution in [2.24, 2.45) is 0 Å². The highest BCUT2D eigenvalue weighted by molar-refractivity contribution is 7.71. The summed E-state index contributed by atoms with van der Waals surface area (Å²) in [4.78, 5) is 12.9. The van der Waals surface area contributed by atoms with E-state index in [1.54, 1.807) is 7.05 Å². The van der Waals surface area contributed by atoms with Gasteiger partial charge >= 0.3 is 0 Å². The number of nitrogens with zero attached hydrogens (tertiary/aromatic N) is 3. The van der Waals surface area contributed by atoms with Crippen molar-refractivity contribution in [1.82, 2.24) is 19.7 Å². The molecule has 3 rings (SSSR count). The average molecular weight is 397 g/mol. The lowest BCUT2D eigenvalue weighted by Gasteiger charge is -2.14. The van der Waals surface area contributed by atoms with Crippen molar-refractivity contribution in [3.8, 4) is 11.4 Å². The molecule has 1 amide bonds. The summed E-state index contributed by atoms with van der Waals surface area (Å²) >= 11 is 5.66. The Kier molecular flexibility index (Phi) is 6.38.